The fourth-order valence-electron chi connectivity index (χ4n) is 3.74. The molecule has 2 aromatic rings. The van der Waals surface area contributed by atoms with E-state index in [0.717, 1.165) is 12.1 Å². The number of benzene rings is 2. The maximum atomic E-state index is 13.4. The van der Waals surface area contributed by atoms with Crippen molar-refractivity contribution in [3.8, 4) is 11.8 Å². The highest BCUT2D eigenvalue weighted by molar-refractivity contribution is 5.89. The number of carbonyl (C=O) groups excluding carboxylic acids is 2. The number of carbonyl (C=O) groups is 2. The highest BCUT2D eigenvalue weighted by Gasteiger charge is 2.38. The van der Waals surface area contributed by atoms with E-state index in [2.05, 4.69) is 5.32 Å². The van der Waals surface area contributed by atoms with E-state index in [4.69, 9.17) is 14.7 Å². The van der Waals surface area contributed by atoms with Gasteiger partial charge in [0.2, 0.25) is 5.91 Å². The summed E-state index contributed by atoms with van der Waals surface area (Å²) < 4.78 is 50.8. The molecule has 0 saturated carbocycles. The lowest BCUT2D eigenvalue weighted by molar-refractivity contribution is -0.142. The van der Waals surface area contributed by atoms with Gasteiger partial charge < -0.3 is 24.6 Å². The van der Waals surface area contributed by atoms with Crippen molar-refractivity contribution in [2.45, 2.75) is 12.2 Å². The van der Waals surface area contributed by atoms with Crippen LogP contribution in [0.3, 0.4) is 0 Å². The van der Waals surface area contributed by atoms with E-state index in [9.17, 15) is 22.8 Å². The summed E-state index contributed by atoms with van der Waals surface area (Å²) >= 11 is 0. The van der Waals surface area contributed by atoms with Crippen molar-refractivity contribution in [3.05, 3.63) is 59.7 Å². The number of piperazine rings is 1. The fourth-order valence-corrected chi connectivity index (χ4v) is 3.74. The summed E-state index contributed by atoms with van der Waals surface area (Å²) in [4.78, 5) is 28.8. The molecule has 1 N–H and O–H groups in total. The molecule has 186 valence electrons. The summed E-state index contributed by atoms with van der Waals surface area (Å²) in [7, 11) is 1.48. The van der Waals surface area contributed by atoms with Crippen molar-refractivity contribution in [2.75, 3.05) is 51.4 Å². The molecule has 3 rings (SSSR count). The van der Waals surface area contributed by atoms with Crippen LogP contribution in [0.15, 0.2) is 48.5 Å². The normalized spacial score (nSPS) is 15.9. The number of rotatable bonds is 8. The van der Waals surface area contributed by atoms with E-state index < -0.39 is 35.2 Å². The standard InChI is InChI=1S/C24H25F3N4O4/c1-34-12-9-29-23(33)21-15-30(18-8-7-17(14-28)20(13-18)24(25,26)27)10-11-31(21)22(32)16-35-19-5-3-2-4-6-19/h2-8,13,21H,9-12,15-16H2,1H3,(H,29,33). The first kappa shape index (κ1) is 25.8. The van der Waals surface area contributed by atoms with Gasteiger partial charge in [-0.3, -0.25) is 9.59 Å². The SMILES string of the molecule is COCCNC(=O)C1CN(c2ccc(C#N)c(C(F)(F)F)c2)CCN1C(=O)COc1ccccc1. The third-order valence-electron chi connectivity index (χ3n) is 5.51. The molecule has 11 heteroatoms. The number of anilines is 1. The molecular formula is C24H25F3N4O4. The van der Waals surface area contributed by atoms with Crippen molar-refractivity contribution in [1.29, 1.82) is 5.26 Å². The Morgan fingerprint density at radius 3 is 2.57 bits per heavy atom. The zero-order valence-corrected chi connectivity index (χ0v) is 19.0. The van der Waals surface area contributed by atoms with Gasteiger partial charge in [0, 0.05) is 39.0 Å². The Hall–Kier alpha value is -3.78. The van der Waals surface area contributed by atoms with Crippen molar-refractivity contribution in [2.24, 2.45) is 0 Å². The number of alkyl halides is 3. The van der Waals surface area contributed by atoms with Crippen molar-refractivity contribution in [3.63, 3.8) is 0 Å². The van der Waals surface area contributed by atoms with Gasteiger partial charge in [-0.05, 0) is 30.3 Å². The zero-order valence-electron chi connectivity index (χ0n) is 19.0. The smallest absolute Gasteiger partial charge is 0.417 e. The summed E-state index contributed by atoms with van der Waals surface area (Å²) in [6, 6.07) is 12.7. The first-order valence-corrected chi connectivity index (χ1v) is 10.8. The minimum atomic E-state index is -4.70. The zero-order chi connectivity index (χ0) is 25.4. The number of para-hydroxylation sites is 1. The summed E-state index contributed by atoms with van der Waals surface area (Å²) in [5.74, 6) is -0.376. The average Bonchev–Trinajstić information content (AvgIpc) is 2.86. The van der Waals surface area contributed by atoms with E-state index in [-0.39, 0.29) is 45.1 Å². The van der Waals surface area contributed by atoms with Gasteiger partial charge in [-0.15, -0.1) is 0 Å². The minimum Gasteiger partial charge on any atom is -0.484 e. The molecular weight excluding hydrogens is 465 g/mol. The van der Waals surface area contributed by atoms with Crippen LogP contribution in [0.5, 0.6) is 5.75 Å². The number of nitriles is 1. The van der Waals surface area contributed by atoms with Gasteiger partial charge in [-0.1, -0.05) is 18.2 Å². The lowest BCUT2D eigenvalue weighted by Crippen LogP contribution is -2.61. The van der Waals surface area contributed by atoms with Gasteiger partial charge >= 0.3 is 6.18 Å². The second-order valence-electron chi connectivity index (χ2n) is 7.77. The van der Waals surface area contributed by atoms with E-state index in [1.54, 1.807) is 35.2 Å². The molecule has 1 fully saturated rings. The lowest BCUT2D eigenvalue weighted by atomic mass is 10.0. The molecule has 2 aromatic carbocycles. The third-order valence-corrected chi connectivity index (χ3v) is 5.51. The van der Waals surface area contributed by atoms with Crippen LogP contribution in [0, 0.1) is 11.3 Å². The number of ether oxygens (including phenoxy) is 2. The molecule has 2 amide bonds. The lowest BCUT2D eigenvalue weighted by Gasteiger charge is -2.41. The van der Waals surface area contributed by atoms with E-state index in [1.807, 2.05) is 6.07 Å². The number of hydrogen-bond donors (Lipinski definition) is 1. The highest BCUT2D eigenvalue weighted by Crippen LogP contribution is 2.35. The molecule has 0 spiro atoms. The van der Waals surface area contributed by atoms with Gasteiger partial charge in [0.1, 0.15) is 11.8 Å². The van der Waals surface area contributed by atoms with E-state index in [0.29, 0.717) is 5.75 Å². The Labute approximate surface area is 200 Å². The fraction of sp³-hybridized carbons (Fsp3) is 0.375. The third kappa shape index (κ3) is 6.64. The first-order chi connectivity index (χ1) is 16.7. The van der Waals surface area contributed by atoms with Crippen LogP contribution in [-0.2, 0) is 20.5 Å². The minimum absolute atomic E-state index is 0.0287. The molecule has 0 radical (unpaired) electrons. The number of nitrogens with zero attached hydrogens (tertiary/aromatic N) is 3. The van der Waals surface area contributed by atoms with Crippen LogP contribution >= 0.6 is 0 Å². The average molecular weight is 490 g/mol. The Balaban J connectivity index is 1.79. The molecule has 1 aliphatic heterocycles. The molecule has 35 heavy (non-hydrogen) atoms. The molecule has 8 nitrogen and oxygen atoms in total. The summed E-state index contributed by atoms with van der Waals surface area (Å²) in [6.07, 6.45) is -4.70. The molecule has 1 atom stereocenters. The second-order valence-corrected chi connectivity index (χ2v) is 7.77. The van der Waals surface area contributed by atoms with Gasteiger partial charge in [0.15, 0.2) is 6.61 Å². The quantitative estimate of drug-likeness (QED) is 0.572. The largest absolute Gasteiger partial charge is 0.484 e. The van der Waals surface area contributed by atoms with Crippen LogP contribution in [-0.4, -0.2) is 69.3 Å². The van der Waals surface area contributed by atoms with Gasteiger partial charge in [0.05, 0.1) is 23.8 Å². The van der Waals surface area contributed by atoms with Crippen LogP contribution in [0.1, 0.15) is 11.1 Å². The predicted octanol–water partition coefficient (Wildman–Crippen LogP) is 2.44. The van der Waals surface area contributed by atoms with Crippen LogP contribution < -0.4 is 15.0 Å². The Kier molecular flexibility index (Phi) is 8.54. The Bertz CT molecular complexity index is 1070. The predicted molar refractivity (Wildman–Crippen MR) is 121 cm³/mol. The van der Waals surface area contributed by atoms with Gasteiger partial charge in [-0.25, -0.2) is 0 Å². The monoisotopic (exact) mass is 490 g/mol. The number of amides is 2. The summed E-state index contributed by atoms with van der Waals surface area (Å²) in [5.41, 5.74) is -1.33. The molecule has 1 aliphatic rings. The molecule has 1 saturated heterocycles. The number of halogens is 3. The van der Waals surface area contributed by atoms with E-state index in [1.165, 1.54) is 18.1 Å². The van der Waals surface area contributed by atoms with Crippen LogP contribution in [0.25, 0.3) is 0 Å². The van der Waals surface area contributed by atoms with E-state index >= 15 is 0 Å². The molecule has 1 heterocycles. The van der Waals surface area contributed by atoms with Crippen molar-refractivity contribution in [1.82, 2.24) is 10.2 Å². The van der Waals surface area contributed by atoms with Gasteiger partial charge in [0.25, 0.3) is 5.91 Å². The maximum absolute atomic E-state index is 13.4. The highest BCUT2D eigenvalue weighted by atomic mass is 19.4. The Morgan fingerprint density at radius 1 is 1.17 bits per heavy atom. The maximum Gasteiger partial charge on any atom is 0.417 e. The van der Waals surface area contributed by atoms with Crippen molar-refractivity contribution < 1.29 is 32.2 Å². The van der Waals surface area contributed by atoms with Gasteiger partial charge in [-0.2, -0.15) is 18.4 Å². The second kappa shape index (κ2) is 11.6. The first-order valence-electron chi connectivity index (χ1n) is 10.8. The van der Waals surface area contributed by atoms with Crippen LogP contribution in [0.4, 0.5) is 18.9 Å². The van der Waals surface area contributed by atoms with Crippen molar-refractivity contribution >= 4 is 17.5 Å². The summed E-state index contributed by atoms with van der Waals surface area (Å²) in [5, 5.41) is 11.7. The van der Waals surface area contributed by atoms with Crippen LogP contribution in [0.2, 0.25) is 0 Å². The molecule has 0 bridgehead atoms. The Morgan fingerprint density at radius 2 is 1.91 bits per heavy atom. The molecule has 1 unspecified atom stereocenters. The topological polar surface area (TPSA) is 94.9 Å². The number of hydrogen-bond acceptors (Lipinski definition) is 6. The number of nitrogens with one attached hydrogen (secondary N) is 1. The molecule has 0 aromatic heterocycles. The molecule has 0 aliphatic carbocycles. The number of methoxy groups -OCH3 is 1. The summed E-state index contributed by atoms with van der Waals surface area (Å²) in [6.45, 7) is 0.449.